The first kappa shape index (κ1) is 38.1. The molecule has 0 saturated carbocycles. The minimum absolute atomic E-state index is 0.0822. The summed E-state index contributed by atoms with van der Waals surface area (Å²) in [6.45, 7) is 23.3. The second-order valence-electron chi connectivity index (χ2n) is 17.6. The van der Waals surface area contributed by atoms with Crippen LogP contribution in [-0.2, 0) is 17.6 Å². The van der Waals surface area contributed by atoms with Gasteiger partial charge in [0.15, 0.2) is 0 Å². The summed E-state index contributed by atoms with van der Waals surface area (Å²) in [7, 11) is 13.5. The van der Waals surface area contributed by atoms with Crippen LogP contribution in [0.25, 0.3) is 0 Å². The fourth-order valence-electron chi connectivity index (χ4n) is 10.6. The van der Waals surface area contributed by atoms with Crippen molar-refractivity contribution in [2.24, 2.45) is 0 Å². The van der Waals surface area contributed by atoms with E-state index in [1.165, 1.54) is 66.1 Å². The van der Waals surface area contributed by atoms with Crippen LogP contribution in [0.2, 0.25) is 55.7 Å². The van der Waals surface area contributed by atoms with Gasteiger partial charge in [-0.05, 0) is 0 Å². The van der Waals surface area contributed by atoms with Gasteiger partial charge in [0.05, 0.1) is 0 Å². The van der Waals surface area contributed by atoms with Crippen molar-refractivity contribution in [3.8, 4) is 0 Å². The zero-order valence-corrected chi connectivity index (χ0v) is 40.3. The standard InChI is InChI=1S/C44H50Cl2Si2.2ClH.Hf/c1-27-23-39-35(31-21-29(3)43(41(45)25-31)47(5,6)7)15-11-13-17-37(39)33(27)19-20-34-28(2)24-40-36(16-12-14-18-38(34)40)32-22-30(4)44(42(46)26-32)48(8,9)10;;;/h11-18,21-26,35-36H,19-20H2,1-10H3;2*1H;/q;;;+2/p-2. The molecule has 2 spiro atoms. The number of benzene rings is 2. The van der Waals surface area contributed by atoms with Gasteiger partial charge in [-0.3, -0.25) is 0 Å². The van der Waals surface area contributed by atoms with Crippen molar-refractivity contribution >= 4 is 66.9 Å². The predicted octanol–water partition coefficient (Wildman–Crippen LogP) is 13.9. The molecular weight excluding hydrogens is 905 g/mol. The fraction of sp³-hybridized carbons (Fsp3) is 0.364. The first-order valence-electron chi connectivity index (χ1n) is 18.3. The van der Waals surface area contributed by atoms with Gasteiger partial charge in [0.1, 0.15) is 0 Å². The number of hydrogen-bond acceptors (Lipinski definition) is 0. The molecular formula is C44H50Cl4HfSi2. The SMILES string of the molecule is CC1=CC2=C(C=CC=CC2c2cc(C)c([Si](C)(C)C)c(Cl)c2)[C]12CC[C]1(C(C)=CC3=C1C=CC=CC3c1cc(C)c([Si](C)(C)C)c(Cl)c1)[Hf]2([Cl])[Cl]. The Labute approximate surface area is 330 Å². The van der Waals surface area contributed by atoms with E-state index in [2.05, 4.69) is 152 Å². The van der Waals surface area contributed by atoms with E-state index in [9.17, 15) is 0 Å². The number of hydrogen-bond donors (Lipinski definition) is 0. The Morgan fingerprint density at radius 1 is 0.588 bits per heavy atom. The van der Waals surface area contributed by atoms with Crippen molar-refractivity contribution in [3.63, 3.8) is 0 Å². The fourth-order valence-corrected chi connectivity index (χ4v) is 42.1. The maximum atomic E-state index is 8.36. The van der Waals surface area contributed by atoms with Gasteiger partial charge in [0.2, 0.25) is 0 Å². The van der Waals surface area contributed by atoms with Crippen molar-refractivity contribution in [3.05, 3.63) is 151 Å². The molecule has 1 fully saturated rings. The molecule has 0 aromatic heterocycles. The van der Waals surface area contributed by atoms with Gasteiger partial charge in [-0.15, -0.1) is 0 Å². The third-order valence-corrected chi connectivity index (χ3v) is 42.5. The van der Waals surface area contributed by atoms with Crippen molar-refractivity contribution in [1.29, 1.82) is 0 Å². The Morgan fingerprint density at radius 3 is 1.29 bits per heavy atom. The Bertz CT molecular complexity index is 1930. The molecule has 1 heterocycles. The number of allylic oxidation sites excluding steroid dienone is 16. The molecule has 4 aliphatic carbocycles. The Morgan fingerprint density at radius 2 is 0.961 bits per heavy atom. The quantitative estimate of drug-likeness (QED) is 0.268. The Balaban J connectivity index is 1.36. The van der Waals surface area contributed by atoms with E-state index in [1.54, 1.807) is 0 Å². The molecule has 2 aromatic carbocycles. The van der Waals surface area contributed by atoms with Gasteiger partial charge in [-0.25, -0.2) is 0 Å². The van der Waals surface area contributed by atoms with Gasteiger partial charge in [-0.2, -0.15) is 0 Å². The van der Waals surface area contributed by atoms with E-state index in [4.69, 9.17) is 40.4 Å². The molecule has 4 unspecified atom stereocenters. The Hall–Kier alpha value is -1.18. The van der Waals surface area contributed by atoms with Crippen molar-refractivity contribution < 1.29 is 17.6 Å². The number of aryl methyl sites for hydroxylation is 2. The average molecular weight is 955 g/mol. The van der Waals surface area contributed by atoms with Crippen LogP contribution in [-0.4, -0.2) is 16.1 Å². The summed E-state index contributed by atoms with van der Waals surface area (Å²) in [6, 6.07) is 9.21. The van der Waals surface area contributed by atoms with Crippen LogP contribution in [0.3, 0.4) is 0 Å². The first-order valence-corrected chi connectivity index (χ1v) is 38.6. The summed E-state index contributed by atoms with van der Waals surface area (Å²) < 4.78 is -0.661. The van der Waals surface area contributed by atoms with Gasteiger partial charge in [0.25, 0.3) is 0 Å². The van der Waals surface area contributed by atoms with E-state index >= 15 is 0 Å². The second kappa shape index (κ2) is 13.0. The molecule has 1 saturated heterocycles. The number of halogens is 4. The van der Waals surface area contributed by atoms with Gasteiger partial charge in [-0.1, -0.05) is 0 Å². The van der Waals surface area contributed by atoms with E-state index in [0.29, 0.717) is 0 Å². The van der Waals surface area contributed by atoms with E-state index in [-0.39, 0.29) is 18.2 Å². The topological polar surface area (TPSA) is 0 Å². The molecule has 1 aliphatic heterocycles. The molecule has 7 rings (SSSR count). The first-order chi connectivity index (χ1) is 23.8. The number of rotatable bonds is 4. The number of fused-ring (bicyclic) bond motifs is 2. The molecule has 0 bridgehead atoms. The average Bonchev–Trinajstić information content (AvgIpc) is 3.36. The van der Waals surface area contributed by atoms with Crippen LogP contribution in [0, 0.1) is 13.8 Å². The zero-order valence-electron chi connectivity index (χ0n) is 31.7. The summed E-state index contributed by atoms with van der Waals surface area (Å²) in [5.41, 5.74) is 13.1. The minimum atomic E-state index is -4.50. The van der Waals surface area contributed by atoms with Gasteiger partial charge < -0.3 is 0 Å². The molecule has 266 valence electrons. The third-order valence-electron chi connectivity index (χ3n) is 12.4. The maximum absolute atomic E-state index is 8.36. The van der Waals surface area contributed by atoms with E-state index in [1.807, 2.05) is 0 Å². The van der Waals surface area contributed by atoms with Crippen LogP contribution >= 0.6 is 40.4 Å². The summed E-state index contributed by atoms with van der Waals surface area (Å²) in [6.07, 6.45) is 25.0. The van der Waals surface area contributed by atoms with Crippen LogP contribution in [0.5, 0.6) is 0 Å². The normalized spacial score (nSPS) is 28.1. The van der Waals surface area contributed by atoms with Gasteiger partial charge in [0, 0.05) is 0 Å². The molecule has 0 nitrogen and oxygen atoms in total. The summed E-state index contributed by atoms with van der Waals surface area (Å²) in [5, 5.41) is 4.50. The van der Waals surface area contributed by atoms with Crippen LogP contribution < -0.4 is 10.4 Å². The monoisotopic (exact) mass is 954 g/mol. The molecule has 5 aliphatic rings. The van der Waals surface area contributed by atoms with Crippen molar-refractivity contribution in [1.82, 2.24) is 0 Å². The van der Waals surface area contributed by atoms with Crippen LogP contribution in [0.4, 0.5) is 0 Å². The molecule has 0 amide bonds. The molecule has 51 heavy (non-hydrogen) atoms. The summed E-state index contributed by atoms with van der Waals surface area (Å²) in [5.74, 6) is 0.164. The van der Waals surface area contributed by atoms with Crippen molar-refractivity contribution in [2.45, 2.75) is 98.0 Å². The summed E-state index contributed by atoms with van der Waals surface area (Å²) >= 11 is 9.69. The predicted molar refractivity (Wildman–Crippen MR) is 228 cm³/mol. The molecule has 7 heteroatoms. The van der Waals surface area contributed by atoms with Crippen LogP contribution in [0.1, 0.15) is 60.8 Å². The molecule has 0 N–H and O–H groups in total. The molecule has 2 aromatic rings. The van der Waals surface area contributed by atoms with E-state index < -0.39 is 33.8 Å². The summed E-state index contributed by atoms with van der Waals surface area (Å²) in [4.78, 5) is 0. The second-order valence-corrected chi connectivity index (χ2v) is 49.6. The Kier molecular flexibility index (Phi) is 9.68. The third kappa shape index (κ3) is 5.64. The molecule has 4 atom stereocenters. The molecule has 0 radical (unpaired) electrons. The van der Waals surface area contributed by atoms with Gasteiger partial charge >= 0.3 is 333 Å². The van der Waals surface area contributed by atoms with Crippen LogP contribution in [0.15, 0.2) is 118 Å². The van der Waals surface area contributed by atoms with E-state index in [0.717, 1.165) is 22.9 Å². The zero-order chi connectivity index (χ0) is 37.1. The van der Waals surface area contributed by atoms with Crippen molar-refractivity contribution in [2.75, 3.05) is 0 Å².